The van der Waals surface area contributed by atoms with Crippen molar-refractivity contribution in [3.05, 3.63) is 45.6 Å². The molecule has 0 aliphatic rings. The molecular weight excluding hydrogens is 284 g/mol. The van der Waals surface area contributed by atoms with E-state index < -0.39 is 0 Å². The molecule has 0 saturated carbocycles. The molecule has 4 nitrogen and oxygen atoms in total. The van der Waals surface area contributed by atoms with Gasteiger partial charge in [0.05, 0.1) is 30.2 Å². The van der Waals surface area contributed by atoms with Gasteiger partial charge in [0, 0.05) is 10.9 Å². The van der Waals surface area contributed by atoms with Crippen LogP contribution in [0.3, 0.4) is 0 Å². The minimum Gasteiger partial charge on any atom is -0.493 e. The van der Waals surface area contributed by atoms with Crippen LogP contribution < -0.4 is 15.2 Å². The van der Waals surface area contributed by atoms with E-state index in [0.717, 1.165) is 9.75 Å². The summed E-state index contributed by atoms with van der Waals surface area (Å²) >= 11 is 1.57. The number of thiophene rings is 1. The Hall–Kier alpha value is -2.47. The molecule has 21 heavy (non-hydrogen) atoms. The maximum atomic E-state index is 8.86. The minimum absolute atomic E-state index is 0.353. The van der Waals surface area contributed by atoms with Crippen molar-refractivity contribution >= 4 is 11.3 Å². The van der Waals surface area contributed by atoms with E-state index >= 15 is 0 Å². The highest BCUT2D eigenvalue weighted by Crippen LogP contribution is 2.29. The molecule has 0 radical (unpaired) electrons. The van der Waals surface area contributed by atoms with E-state index in [4.69, 9.17) is 20.5 Å². The average molecular weight is 298 g/mol. The molecule has 1 aromatic heterocycles. The van der Waals surface area contributed by atoms with Gasteiger partial charge < -0.3 is 15.2 Å². The number of nitrogens with two attached hydrogens (primary N) is 1. The van der Waals surface area contributed by atoms with Gasteiger partial charge in [0.25, 0.3) is 0 Å². The van der Waals surface area contributed by atoms with Crippen LogP contribution in [0.4, 0.5) is 0 Å². The van der Waals surface area contributed by atoms with Crippen LogP contribution in [0, 0.1) is 23.2 Å². The summed E-state index contributed by atoms with van der Waals surface area (Å²) in [4.78, 5) is 2.02. The summed E-state index contributed by atoms with van der Waals surface area (Å²) in [6.07, 6.45) is 0. The van der Waals surface area contributed by atoms with Crippen LogP contribution in [0.5, 0.6) is 11.5 Å². The Bertz CT molecular complexity index is 720. The van der Waals surface area contributed by atoms with Crippen molar-refractivity contribution in [3.8, 4) is 29.4 Å². The topological polar surface area (TPSA) is 68.3 Å². The molecule has 1 aromatic carbocycles. The van der Waals surface area contributed by atoms with Gasteiger partial charge in [0.2, 0.25) is 0 Å². The van der Waals surface area contributed by atoms with Gasteiger partial charge in [0.15, 0.2) is 11.5 Å². The highest BCUT2D eigenvalue weighted by Gasteiger charge is 2.07. The first-order valence-electron chi connectivity index (χ1n) is 6.25. The van der Waals surface area contributed by atoms with Crippen LogP contribution in [-0.4, -0.2) is 13.7 Å². The van der Waals surface area contributed by atoms with Crippen molar-refractivity contribution in [1.82, 2.24) is 0 Å². The number of hydrogen-bond donors (Lipinski definition) is 1. The second-order valence-electron chi connectivity index (χ2n) is 4.04. The van der Waals surface area contributed by atoms with E-state index in [1.807, 2.05) is 12.1 Å². The van der Waals surface area contributed by atoms with E-state index in [0.29, 0.717) is 30.2 Å². The SMILES string of the molecule is COc1cc(C#N)ccc1OCc1ccc(C#CCN)s1. The highest BCUT2D eigenvalue weighted by atomic mass is 32.1. The van der Waals surface area contributed by atoms with E-state index in [9.17, 15) is 0 Å². The van der Waals surface area contributed by atoms with Crippen LogP contribution in [0.15, 0.2) is 30.3 Å². The Morgan fingerprint density at radius 2 is 2.10 bits per heavy atom. The molecule has 0 saturated heterocycles. The Labute approximate surface area is 127 Å². The number of hydrogen-bond acceptors (Lipinski definition) is 5. The lowest BCUT2D eigenvalue weighted by Crippen LogP contribution is -1.96. The second-order valence-corrected chi connectivity index (χ2v) is 5.21. The number of ether oxygens (including phenoxy) is 2. The molecule has 2 rings (SSSR count). The zero-order chi connectivity index (χ0) is 15.1. The molecule has 0 aliphatic heterocycles. The highest BCUT2D eigenvalue weighted by molar-refractivity contribution is 7.12. The molecule has 2 aromatic rings. The largest absolute Gasteiger partial charge is 0.493 e. The third-order valence-corrected chi connectivity index (χ3v) is 3.61. The molecule has 0 spiro atoms. The van der Waals surface area contributed by atoms with Crippen LogP contribution in [0.1, 0.15) is 15.3 Å². The minimum atomic E-state index is 0.353. The van der Waals surface area contributed by atoms with Crippen LogP contribution in [-0.2, 0) is 6.61 Å². The van der Waals surface area contributed by atoms with E-state index in [2.05, 4.69) is 17.9 Å². The Morgan fingerprint density at radius 3 is 2.81 bits per heavy atom. The molecule has 2 N–H and O–H groups in total. The molecule has 0 amide bonds. The molecule has 0 atom stereocenters. The zero-order valence-corrected chi connectivity index (χ0v) is 12.4. The van der Waals surface area contributed by atoms with Gasteiger partial charge in [0.1, 0.15) is 6.61 Å². The monoisotopic (exact) mass is 298 g/mol. The van der Waals surface area contributed by atoms with Crippen molar-refractivity contribution in [2.24, 2.45) is 5.73 Å². The fraction of sp³-hybridized carbons (Fsp3) is 0.188. The summed E-state index contributed by atoms with van der Waals surface area (Å²) in [5.41, 5.74) is 5.88. The average Bonchev–Trinajstić information content (AvgIpc) is 2.98. The number of methoxy groups -OCH3 is 1. The van der Waals surface area contributed by atoms with E-state index in [1.165, 1.54) is 0 Å². The Kier molecular flexibility index (Phi) is 5.22. The third kappa shape index (κ3) is 4.00. The number of benzene rings is 1. The van der Waals surface area contributed by atoms with Gasteiger partial charge in [-0.3, -0.25) is 0 Å². The first-order chi connectivity index (χ1) is 10.3. The predicted molar refractivity (Wildman–Crippen MR) is 82.3 cm³/mol. The van der Waals surface area contributed by atoms with Crippen molar-refractivity contribution in [1.29, 1.82) is 5.26 Å². The molecule has 0 fully saturated rings. The number of nitrogens with zero attached hydrogens (tertiary/aromatic N) is 1. The molecule has 0 aliphatic carbocycles. The van der Waals surface area contributed by atoms with Crippen molar-refractivity contribution in [3.63, 3.8) is 0 Å². The van der Waals surface area contributed by atoms with E-state index in [1.54, 1.807) is 36.6 Å². The summed E-state index contributed by atoms with van der Waals surface area (Å²) in [7, 11) is 1.55. The van der Waals surface area contributed by atoms with Gasteiger partial charge >= 0.3 is 0 Å². The third-order valence-electron chi connectivity index (χ3n) is 2.64. The second kappa shape index (κ2) is 7.35. The van der Waals surface area contributed by atoms with Gasteiger partial charge in [-0.1, -0.05) is 11.8 Å². The quantitative estimate of drug-likeness (QED) is 0.881. The summed E-state index contributed by atoms with van der Waals surface area (Å²) in [6.45, 7) is 0.781. The lowest BCUT2D eigenvalue weighted by Gasteiger charge is -2.09. The maximum Gasteiger partial charge on any atom is 0.162 e. The smallest absolute Gasteiger partial charge is 0.162 e. The van der Waals surface area contributed by atoms with E-state index in [-0.39, 0.29) is 0 Å². The fourth-order valence-corrected chi connectivity index (χ4v) is 2.46. The van der Waals surface area contributed by atoms with Crippen molar-refractivity contribution in [2.45, 2.75) is 6.61 Å². The zero-order valence-electron chi connectivity index (χ0n) is 11.6. The van der Waals surface area contributed by atoms with Crippen LogP contribution >= 0.6 is 11.3 Å². The Balaban J connectivity index is 2.06. The fourth-order valence-electron chi connectivity index (χ4n) is 1.67. The first-order valence-corrected chi connectivity index (χ1v) is 7.07. The standard InChI is InChI=1S/C16H14N2O2S/c1-19-16-9-12(10-18)4-7-15(16)20-11-14-6-5-13(21-14)3-2-8-17/h4-7,9H,8,11,17H2,1H3. The lowest BCUT2D eigenvalue weighted by atomic mass is 10.2. The number of nitriles is 1. The molecule has 0 unspecified atom stereocenters. The van der Waals surface area contributed by atoms with Crippen molar-refractivity contribution in [2.75, 3.05) is 13.7 Å². The lowest BCUT2D eigenvalue weighted by molar-refractivity contribution is 0.287. The maximum absolute atomic E-state index is 8.86. The van der Waals surface area contributed by atoms with Crippen LogP contribution in [0.25, 0.3) is 0 Å². The summed E-state index contributed by atoms with van der Waals surface area (Å²) in [6, 6.07) is 11.1. The van der Waals surface area contributed by atoms with Crippen LogP contribution in [0.2, 0.25) is 0 Å². The summed E-state index contributed by atoms with van der Waals surface area (Å²) in [5.74, 6) is 6.97. The van der Waals surface area contributed by atoms with Gasteiger partial charge in [-0.15, -0.1) is 11.3 Å². The molecule has 0 bridgehead atoms. The normalized spacial score (nSPS) is 9.38. The Morgan fingerprint density at radius 1 is 1.24 bits per heavy atom. The van der Waals surface area contributed by atoms with Gasteiger partial charge in [-0.25, -0.2) is 0 Å². The van der Waals surface area contributed by atoms with Gasteiger partial charge in [-0.2, -0.15) is 5.26 Å². The molecular formula is C16H14N2O2S. The molecule has 5 heteroatoms. The number of rotatable bonds is 4. The predicted octanol–water partition coefficient (Wildman–Crippen LogP) is 2.52. The first kappa shape index (κ1) is 14.9. The summed E-state index contributed by atoms with van der Waals surface area (Å²) in [5, 5.41) is 8.86. The van der Waals surface area contributed by atoms with Crippen molar-refractivity contribution < 1.29 is 9.47 Å². The molecule has 1 heterocycles. The van der Waals surface area contributed by atoms with Gasteiger partial charge in [-0.05, 0) is 24.3 Å². The molecule has 106 valence electrons. The summed E-state index contributed by atoms with van der Waals surface area (Å²) < 4.78 is 11.0.